The van der Waals surface area contributed by atoms with Crippen LogP contribution >= 0.6 is 0 Å². The molecule has 2 amide bonds. The molecule has 2 bridgehead atoms. The molecule has 1 aliphatic heterocycles. The second kappa shape index (κ2) is 6.98. The van der Waals surface area contributed by atoms with E-state index in [0.717, 1.165) is 6.42 Å². The molecular weight excluding hydrogens is 388 g/mol. The van der Waals surface area contributed by atoms with Crippen molar-refractivity contribution in [3.05, 3.63) is 94.5 Å². The standard InChI is InChI=1S/C26H22N2O3/c29-24-14-31-23-10-9-15(12-22(23)28-24)26(30)27-13-16-11-21-17-5-1-3-7-19(17)25(16)20-8-4-2-6-18(20)21/h1-10,12,16,21,25H,11,13-14H2,(H,27,30)(H,28,29)/t16-,21?,25?/m0/s1. The Bertz CT molecular complexity index is 1170. The van der Waals surface area contributed by atoms with Crippen LogP contribution in [0.15, 0.2) is 66.7 Å². The zero-order valence-corrected chi connectivity index (χ0v) is 16.9. The molecular formula is C26H22N2O3. The Morgan fingerprint density at radius 3 is 2.35 bits per heavy atom. The third kappa shape index (κ3) is 2.92. The maximum absolute atomic E-state index is 12.9. The van der Waals surface area contributed by atoms with E-state index < -0.39 is 0 Å². The van der Waals surface area contributed by atoms with Crippen LogP contribution in [0.3, 0.4) is 0 Å². The quantitative estimate of drug-likeness (QED) is 0.685. The number of amides is 2. The average molecular weight is 410 g/mol. The first kappa shape index (κ1) is 18.2. The number of anilines is 1. The van der Waals surface area contributed by atoms with E-state index >= 15 is 0 Å². The molecule has 0 radical (unpaired) electrons. The number of carbonyl (C=O) groups is 2. The van der Waals surface area contributed by atoms with Crippen LogP contribution in [0.1, 0.15) is 50.9 Å². The van der Waals surface area contributed by atoms with Crippen LogP contribution in [-0.4, -0.2) is 25.0 Å². The molecule has 5 heteroatoms. The van der Waals surface area contributed by atoms with Crippen LogP contribution in [0, 0.1) is 5.92 Å². The first-order valence-corrected chi connectivity index (χ1v) is 10.7. The lowest BCUT2D eigenvalue weighted by atomic mass is 9.59. The fourth-order valence-corrected chi connectivity index (χ4v) is 5.51. The van der Waals surface area contributed by atoms with Gasteiger partial charge in [0.15, 0.2) is 6.61 Å². The van der Waals surface area contributed by atoms with Gasteiger partial charge in [-0.3, -0.25) is 9.59 Å². The van der Waals surface area contributed by atoms with Crippen LogP contribution in [0.2, 0.25) is 0 Å². The zero-order chi connectivity index (χ0) is 20.9. The molecule has 0 saturated carbocycles. The van der Waals surface area contributed by atoms with Gasteiger partial charge in [0, 0.05) is 23.9 Å². The Kier molecular flexibility index (Phi) is 4.10. The van der Waals surface area contributed by atoms with Gasteiger partial charge in [-0.05, 0) is 52.8 Å². The molecule has 2 N–H and O–H groups in total. The van der Waals surface area contributed by atoms with Crippen molar-refractivity contribution in [3.8, 4) is 5.75 Å². The Balaban J connectivity index is 1.24. The van der Waals surface area contributed by atoms with Gasteiger partial charge in [0.05, 0.1) is 5.69 Å². The van der Waals surface area contributed by atoms with Gasteiger partial charge in [-0.1, -0.05) is 48.5 Å². The van der Waals surface area contributed by atoms with Crippen LogP contribution < -0.4 is 15.4 Å². The molecule has 0 saturated heterocycles. The number of ether oxygens (including phenoxy) is 1. The summed E-state index contributed by atoms with van der Waals surface area (Å²) in [5.41, 5.74) is 6.71. The number of nitrogens with one attached hydrogen (secondary N) is 2. The summed E-state index contributed by atoms with van der Waals surface area (Å²) in [6.45, 7) is 0.619. The highest BCUT2D eigenvalue weighted by Crippen LogP contribution is 2.55. The summed E-state index contributed by atoms with van der Waals surface area (Å²) in [7, 11) is 0. The number of hydrogen-bond donors (Lipinski definition) is 2. The summed E-state index contributed by atoms with van der Waals surface area (Å²) in [5, 5.41) is 5.90. The van der Waals surface area contributed by atoms with Crippen LogP contribution in [0.4, 0.5) is 5.69 Å². The van der Waals surface area contributed by atoms with E-state index in [4.69, 9.17) is 4.74 Å². The third-order valence-corrected chi connectivity index (χ3v) is 6.82. The van der Waals surface area contributed by atoms with E-state index in [9.17, 15) is 9.59 Å². The maximum atomic E-state index is 12.9. The summed E-state index contributed by atoms with van der Waals surface area (Å²) in [4.78, 5) is 24.5. The second-order valence-electron chi connectivity index (χ2n) is 8.54. The third-order valence-electron chi connectivity index (χ3n) is 6.82. The lowest BCUT2D eigenvalue weighted by Crippen LogP contribution is -2.39. The zero-order valence-electron chi connectivity index (χ0n) is 16.9. The van der Waals surface area contributed by atoms with E-state index in [-0.39, 0.29) is 18.4 Å². The molecule has 1 heterocycles. The van der Waals surface area contributed by atoms with Crippen molar-refractivity contribution in [2.45, 2.75) is 18.3 Å². The SMILES string of the molecule is O=C1COc2ccc(C(=O)NC[C@@H]3CC4c5ccccc5C3c3ccccc34)cc2N1. The summed E-state index contributed by atoms with van der Waals surface area (Å²) in [6.07, 6.45) is 1.03. The highest BCUT2D eigenvalue weighted by Gasteiger charge is 2.42. The Hall–Kier alpha value is -3.60. The lowest BCUT2D eigenvalue weighted by molar-refractivity contribution is -0.118. The van der Waals surface area contributed by atoms with Crippen LogP contribution in [0.5, 0.6) is 5.75 Å². The molecule has 4 aliphatic rings. The van der Waals surface area contributed by atoms with Crippen molar-refractivity contribution < 1.29 is 14.3 Å². The minimum atomic E-state index is -0.208. The lowest BCUT2D eigenvalue weighted by Gasteiger charge is -2.45. The predicted molar refractivity (Wildman–Crippen MR) is 118 cm³/mol. The topological polar surface area (TPSA) is 67.4 Å². The van der Waals surface area contributed by atoms with Gasteiger partial charge < -0.3 is 15.4 Å². The summed E-state index contributed by atoms with van der Waals surface area (Å²) in [6, 6.07) is 22.6. The van der Waals surface area contributed by atoms with Gasteiger partial charge in [0.25, 0.3) is 11.8 Å². The van der Waals surface area contributed by atoms with E-state index in [1.165, 1.54) is 22.3 Å². The average Bonchev–Trinajstić information content (AvgIpc) is 2.82. The van der Waals surface area contributed by atoms with E-state index in [0.29, 0.717) is 41.3 Å². The second-order valence-corrected chi connectivity index (χ2v) is 8.54. The van der Waals surface area contributed by atoms with Crippen molar-refractivity contribution in [3.63, 3.8) is 0 Å². The number of benzene rings is 3. The molecule has 0 spiro atoms. The van der Waals surface area contributed by atoms with Crippen LogP contribution in [0.25, 0.3) is 0 Å². The smallest absolute Gasteiger partial charge is 0.262 e. The van der Waals surface area contributed by atoms with Crippen LogP contribution in [-0.2, 0) is 4.79 Å². The Morgan fingerprint density at radius 1 is 0.968 bits per heavy atom. The largest absolute Gasteiger partial charge is 0.482 e. The van der Waals surface area contributed by atoms with Crippen molar-refractivity contribution >= 4 is 17.5 Å². The number of carbonyl (C=O) groups excluding carboxylic acids is 2. The molecule has 7 rings (SSSR count). The van der Waals surface area contributed by atoms with Gasteiger partial charge in [0.1, 0.15) is 5.75 Å². The molecule has 31 heavy (non-hydrogen) atoms. The first-order valence-electron chi connectivity index (χ1n) is 10.7. The Morgan fingerprint density at radius 2 is 1.65 bits per heavy atom. The Labute approximate surface area is 180 Å². The monoisotopic (exact) mass is 410 g/mol. The fourth-order valence-electron chi connectivity index (χ4n) is 5.51. The molecule has 5 nitrogen and oxygen atoms in total. The number of fused-ring (bicyclic) bond motifs is 2. The highest BCUT2D eigenvalue weighted by atomic mass is 16.5. The molecule has 0 aromatic heterocycles. The molecule has 0 fully saturated rings. The minimum Gasteiger partial charge on any atom is -0.482 e. The van der Waals surface area contributed by atoms with Gasteiger partial charge in [-0.2, -0.15) is 0 Å². The van der Waals surface area contributed by atoms with Crippen molar-refractivity contribution in [1.82, 2.24) is 5.32 Å². The van der Waals surface area contributed by atoms with Crippen molar-refractivity contribution in [2.24, 2.45) is 5.92 Å². The van der Waals surface area contributed by atoms with Gasteiger partial charge in [-0.25, -0.2) is 0 Å². The van der Waals surface area contributed by atoms with E-state index in [1.807, 2.05) is 0 Å². The summed E-state index contributed by atoms with van der Waals surface area (Å²) in [5.74, 6) is 1.28. The number of rotatable bonds is 3. The minimum absolute atomic E-state index is 0.00568. The van der Waals surface area contributed by atoms with Crippen molar-refractivity contribution in [1.29, 1.82) is 0 Å². The fraction of sp³-hybridized carbons (Fsp3) is 0.231. The van der Waals surface area contributed by atoms with E-state index in [2.05, 4.69) is 59.2 Å². The highest BCUT2D eigenvalue weighted by molar-refractivity contribution is 5.99. The molecule has 1 atom stereocenters. The summed E-state index contributed by atoms with van der Waals surface area (Å²) >= 11 is 0. The molecule has 3 aromatic carbocycles. The number of hydrogen-bond acceptors (Lipinski definition) is 3. The maximum Gasteiger partial charge on any atom is 0.262 e. The normalized spacial score (nSPS) is 22.5. The molecule has 3 aromatic rings. The predicted octanol–water partition coefficient (Wildman–Crippen LogP) is 4.04. The molecule has 0 unspecified atom stereocenters. The van der Waals surface area contributed by atoms with Gasteiger partial charge in [-0.15, -0.1) is 0 Å². The molecule has 3 aliphatic carbocycles. The summed E-state index contributed by atoms with van der Waals surface area (Å²) < 4.78 is 5.38. The van der Waals surface area contributed by atoms with E-state index in [1.54, 1.807) is 18.2 Å². The van der Waals surface area contributed by atoms with Crippen molar-refractivity contribution in [2.75, 3.05) is 18.5 Å². The first-order chi connectivity index (χ1) is 15.2. The molecule has 154 valence electrons. The van der Waals surface area contributed by atoms with Gasteiger partial charge >= 0.3 is 0 Å². The van der Waals surface area contributed by atoms with Gasteiger partial charge in [0.2, 0.25) is 0 Å².